The number of nitrogens with zero attached hydrogens (tertiary/aromatic N) is 2. The topological polar surface area (TPSA) is 72.4 Å². The highest BCUT2D eigenvalue weighted by Gasteiger charge is 2.30. The molecule has 0 aliphatic carbocycles. The molecular formula is C11H15N3O2. The van der Waals surface area contributed by atoms with E-state index in [1.54, 1.807) is 12.1 Å². The molecule has 5 heteroatoms. The van der Waals surface area contributed by atoms with E-state index in [4.69, 9.17) is 5.73 Å². The van der Waals surface area contributed by atoms with Crippen LogP contribution in [0.5, 0.6) is 0 Å². The van der Waals surface area contributed by atoms with E-state index in [0.29, 0.717) is 0 Å². The Kier molecular flexibility index (Phi) is 2.89. The van der Waals surface area contributed by atoms with Gasteiger partial charge in [-0.2, -0.15) is 0 Å². The molecule has 1 aliphatic heterocycles. The normalized spacial score (nSPS) is 25.9. The molecule has 0 bridgehead atoms. The van der Waals surface area contributed by atoms with Crippen molar-refractivity contribution < 1.29 is 4.92 Å². The standard InChI is InChI=1S/C11H15N3O2/c1-13-7-6-10(12)11(13)8-2-4-9(5-3-8)14(15)16/h2-5,10-11H,6-7,12H2,1H3. The Labute approximate surface area is 94.0 Å². The maximum Gasteiger partial charge on any atom is 0.269 e. The summed E-state index contributed by atoms with van der Waals surface area (Å²) in [7, 11) is 2.03. The first-order valence-corrected chi connectivity index (χ1v) is 5.30. The number of benzene rings is 1. The van der Waals surface area contributed by atoms with Crippen LogP contribution in [0.3, 0.4) is 0 Å². The summed E-state index contributed by atoms with van der Waals surface area (Å²) in [6.45, 7) is 0.975. The van der Waals surface area contributed by atoms with Crippen molar-refractivity contribution in [3.63, 3.8) is 0 Å². The highest BCUT2D eigenvalue weighted by Crippen LogP contribution is 2.30. The van der Waals surface area contributed by atoms with Crippen LogP contribution in [0.15, 0.2) is 24.3 Å². The molecule has 5 nitrogen and oxygen atoms in total. The van der Waals surface area contributed by atoms with Crippen LogP contribution < -0.4 is 5.73 Å². The van der Waals surface area contributed by atoms with E-state index in [1.807, 2.05) is 7.05 Å². The van der Waals surface area contributed by atoms with Crippen molar-refractivity contribution in [2.75, 3.05) is 13.6 Å². The van der Waals surface area contributed by atoms with Crippen molar-refractivity contribution in [3.05, 3.63) is 39.9 Å². The number of likely N-dealkylation sites (tertiary alicyclic amines) is 1. The molecular weight excluding hydrogens is 206 g/mol. The number of non-ortho nitro benzene ring substituents is 1. The molecule has 0 radical (unpaired) electrons. The summed E-state index contributed by atoms with van der Waals surface area (Å²) in [6.07, 6.45) is 0.970. The predicted molar refractivity (Wildman–Crippen MR) is 61.1 cm³/mol. The van der Waals surface area contributed by atoms with Crippen molar-refractivity contribution >= 4 is 5.69 Å². The largest absolute Gasteiger partial charge is 0.326 e. The summed E-state index contributed by atoms with van der Waals surface area (Å²) < 4.78 is 0. The van der Waals surface area contributed by atoms with Crippen LogP contribution in [-0.2, 0) is 0 Å². The lowest BCUT2D eigenvalue weighted by Gasteiger charge is -2.22. The molecule has 2 unspecified atom stereocenters. The fraction of sp³-hybridized carbons (Fsp3) is 0.455. The van der Waals surface area contributed by atoms with Crippen LogP contribution in [-0.4, -0.2) is 29.5 Å². The Morgan fingerprint density at radius 1 is 1.44 bits per heavy atom. The molecule has 86 valence electrons. The third-order valence-electron chi connectivity index (χ3n) is 3.14. The Balaban J connectivity index is 2.24. The Morgan fingerprint density at radius 3 is 2.50 bits per heavy atom. The number of likely N-dealkylation sites (N-methyl/N-ethyl adjacent to an activating group) is 1. The van der Waals surface area contributed by atoms with E-state index in [2.05, 4.69) is 4.90 Å². The van der Waals surface area contributed by atoms with E-state index in [1.165, 1.54) is 12.1 Å². The van der Waals surface area contributed by atoms with Crippen LogP contribution in [0.4, 0.5) is 5.69 Å². The number of nitro benzene ring substituents is 1. The Morgan fingerprint density at radius 2 is 2.06 bits per heavy atom. The molecule has 1 aromatic rings. The maximum absolute atomic E-state index is 10.5. The van der Waals surface area contributed by atoms with Gasteiger partial charge in [-0.25, -0.2) is 0 Å². The molecule has 1 heterocycles. The average Bonchev–Trinajstić information content (AvgIpc) is 2.59. The van der Waals surface area contributed by atoms with Gasteiger partial charge in [0.05, 0.1) is 4.92 Å². The van der Waals surface area contributed by atoms with Crippen LogP contribution in [0.1, 0.15) is 18.0 Å². The second-order valence-electron chi connectivity index (χ2n) is 4.23. The van der Waals surface area contributed by atoms with E-state index in [0.717, 1.165) is 18.5 Å². The SMILES string of the molecule is CN1CCC(N)C1c1ccc([N+](=O)[O-])cc1. The Hall–Kier alpha value is -1.46. The maximum atomic E-state index is 10.5. The summed E-state index contributed by atoms with van der Waals surface area (Å²) in [6, 6.07) is 6.96. The highest BCUT2D eigenvalue weighted by molar-refractivity contribution is 5.35. The molecule has 1 saturated heterocycles. The van der Waals surface area contributed by atoms with E-state index in [9.17, 15) is 10.1 Å². The van der Waals surface area contributed by atoms with Gasteiger partial charge < -0.3 is 5.73 Å². The fourth-order valence-corrected chi connectivity index (χ4v) is 2.27. The summed E-state index contributed by atoms with van der Waals surface area (Å²) in [5, 5.41) is 10.5. The number of rotatable bonds is 2. The lowest BCUT2D eigenvalue weighted by Crippen LogP contribution is -2.29. The van der Waals surface area contributed by atoms with Crippen molar-refractivity contribution in [1.82, 2.24) is 4.90 Å². The zero-order chi connectivity index (χ0) is 11.7. The molecule has 0 aromatic heterocycles. The minimum absolute atomic E-state index is 0.117. The summed E-state index contributed by atoms with van der Waals surface area (Å²) >= 11 is 0. The summed E-state index contributed by atoms with van der Waals surface area (Å²) in [4.78, 5) is 12.3. The zero-order valence-electron chi connectivity index (χ0n) is 9.17. The van der Waals surface area contributed by atoms with Crippen molar-refractivity contribution in [1.29, 1.82) is 0 Å². The van der Waals surface area contributed by atoms with Gasteiger partial charge in [-0.3, -0.25) is 15.0 Å². The first-order valence-electron chi connectivity index (χ1n) is 5.30. The van der Waals surface area contributed by atoms with Crippen molar-refractivity contribution in [2.24, 2.45) is 5.73 Å². The third-order valence-corrected chi connectivity index (χ3v) is 3.14. The number of hydrogen-bond donors (Lipinski definition) is 1. The average molecular weight is 221 g/mol. The molecule has 16 heavy (non-hydrogen) atoms. The molecule has 0 saturated carbocycles. The monoisotopic (exact) mass is 221 g/mol. The minimum Gasteiger partial charge on any atom is -0.326 e. The quantitative estimate of drug-likeness (QED) is 0.603. The van der Waals surface area contributed by atoms with Gasteiger partial charge in [0.25, 0.3) is 5.69 Å². The fourth-order valence-electron chi connectivity index (χ4n) is 2.27. The number of hydrogen-bond acceptors (Lipinski definition) is 4. The van der Waals surface area contributed by atoms with Gasteiger partial charge in [-0.15, -0.1) is 0 Å². The molecule has 2 N–H and O–H groups in total. The van der Waals surface area contributed by atoms with Crippen LogP contribution >= 0.6 is 0 Å². The number of nitro groups is 1. The van der Waals surface area contributed by atoms with Crippen molar-refractivity contribution in [2.45, 2.75) is 18.5 Å². The Bertz CT molecular complexity index is 381. The summed E-state index contributed by atoms with van der Waals surface area (Å²) in [5.41, 5.74) is 7.20. The van der Waals surface area contributed by atoms with Crippen LogP contribution in [0.2, 0.25) is 0 Å². The highest BCUT2D eigenvalue weighted by atomic mass is 16.6. The summed E-state index contributed by atoms with van der Waals surface area (Å²) in [5.74, 6) is 0. The van der Waals surface area contributed by atoms with Gasteiger partial charge in [0.1, 0.15) is 0 Å². The second-order valence-corrected chi connectivity index (χ2v) is 4.23. The van der Waals surface area contributed by atoms with Crippen LogP contribution in [0, 0.1) is 10.1 Å². The van der Waals surface area contributed by atoms with Gasteiger partial charge in [-0.1, -0.05) is 12.1 Å². The molecule has 2 atom stereocenters. The van der Waals surface area contributed by atoms with Gasteiger partial charge >= 0.3 is 0 Å². The predicted octanol–water partition coefficient (Wildman–Crippen LogP) is 1.30. The zero-order valence-corrected chi connectivity index (χ0v) is 9.17. The van der Waals surface area contributed by atoms with E-state index in [-0.39, 0.29) is 22.7 Å². The second kappa shape index (κ2) is 4.19. The molecule has 2 rings (SSSR count). The lowest BCUT2D eigenvalue weighted by atomic mass is 10.0. The molecule has 0 amide bonds. The smallest absolute Gasteiger partial charge is 0.269 e. The van der Waals surface area contributed by atoms with Crippen molar-refractivity contribution in [3.8, 4) is 0 Å². The lowest BCUT2D eigenvalue weighted by molar-refractivity contribution is -0.384. The molecule has 1 aliphatic rings. The third kappa shape index (κ3) is 1.91. The first-order chi connectivity index (χ1) is 7.59. The number of nitrogens with two attached hydrogens (primary N) is 1. The van der Waals surface area contributed by atoms with Gasteiger partial charge in [-0.05, 0) is 19.0 Å². The van der Waals surface area contributed by atoms with Crippen LogP contribution in [0.25, 0.3) is 0 Å². The van der Waals surface area contributed by atoms with Gasteiger partial charge in [0.2, 0.25) is 0 Å². The van der Waals surface area contributed by atoms with Gasteiger partial charge in [0, 0.05) is 30.8 Å². The first kappa shape index (κ1) is 11.0. The van der Waals surface area contributed by atoms with Gasteiger partial charge in [0.15, 0.2) is 0 Å². The van der Waals surface area contributed by atoms with E-state index < -0.39 is 0 Å². The van der Waals surface area contributed by atoms with E-state index >= 15 is 0 Å². The molecule has 0 spiro atoms. The minimum atomic E-state index is -0.387. The molecule has 1 fully saturated rings. The molecule has 1 aromatic carbocycles.